The molecule has 0 radical (unpaired) electrons. The monoisotopic (exact) mass is 455 g/mol. The number of hydrogen-bond acceptors (Lipinski definition) is 5. The summed E-state index contributed by atoms with van der Waals surface area (Å²) in [6.45, 7) is 4.92. The van der Waals surface area contributed by atoms with Gasteiger partial charge in [0.1, 0.15) is 0 Å². The number of rotatable bonds is 2. The van der Waals surface area contributed by atoms with Crippen molar-refractivity contribution in [2.45, 2.75) is 32.2 Å². The number of oxime groups is 1. The van der Waals surface area contributed by atoms with Gasteiger partial charge in [0.25, 0.3) is 10.1 Å². The average molecular weight is 455 g/mol. The summed E-state index contributed by atoms with van der Waals surface area (Å²) in [5.41, 5.74) is 1.43. The Hall–Kier alpha value is -2.98. The van der Waals surface area contributed by atoms with Gasteiger partial charge in [-0.05, 0) is 49.1 Å². The molecule has 1 aliphatic carbocycles. The van der Waals surface area contributed by atoms with E-state index in [1.165, 1.54) is 12.1 Å². The molecule has 6 nitrogen and oxygen atoms in total. The van der Waals surface area contributed by atoms with E-state index in [1.54, 1.807) is 57.2 Å². The Bertz CT molecular complexity index is 1140. The lowest BCUT2D eigenvalue weighted by molar-refractivity contribution is -0.114. The van der Waals surface area contributed by atoms with Gasteiger partial charge in [-0.1, -0.05) is 53.2 Å². The molecule has 2 aromatic carbocycles. The minimum Gasteiger partial charge on any atom is -0.410 e. The van der Waals surface area contributed by atoms with Gasteiger partial charge in [-0.2, -0.15) is 21.6 Å². The van der Waals surface area contributed by atoms with Crippen molar-refractivity contribution in [2.24, 2.45) is 5.16 Å². The SMILES string of the molecule is Cc1cc(C)c(C(=NO)C(F)(F)F)c(C)c1.O=C1C=Cc2ccccc2C1S(=O)(=O)O. The number of allylic oxidation sites excluding steroid dienone is 1. The second-order valence-corrected chi connectivity index (χ2v) is 8.48. The van der Waals surface area contributed by atoms with E-state index in [0.717, 1.165) is 5.56 Å². The zero-order chi connectivity index (χ0) is 23.6. The number of hydrogen-bond donors (Lipinski definition) is 2. The van der Waals surface area contributed by atoms with Gasteiger partial charge < -0.3 is 5.21 Å². The molecular weight excluding hydrogens is 435 g/mol. The van der Waals surface area contributed by atoms with Crippen LogP contribution in [0.15, 0.2) is 47.6 Å². The highest BCUT2D eigenvalue weighted by Gasteiger charge is 2.39. The van der Waals surface area contributed by atoms with Crippen molar-refractivity contribution in [3.05, 3.63) is 75.9 Å². The van der Waals surface area contributed by atoms with Crippen LogP contribution in [-0.2, 0) is 14.9 Å². The molecule has 0 spiro atoms. The van der Waals surface area contributed by atoms with Crippen LogP contribution in [0, 0.1) is 20.8 Å². The summed E-state index contributed by atoms with van der Waals surface area (Å²) < 4.78 is 68.8. The molecule has 1 atom stereocenters. The molecule has 0 amide bonds. The van der Waals surface area contributed by atoms with Crippen molar-refractivity contribution < 1.29 is 36.1 Å². The number of halogens is 3. The standard InChI is InChI=1S/C11H12F3NO.C10H8O4S/c1-6-4-7(2)9(8(3)5-6)10(15-16)11(12,13)14;11-9-6-5-7-3-1-2-4-8(7)10(9)15(12,13)14/h4-5,16H,1-3H3;1-6,10H,(H,12,13,14). The molecule has 10 heteroatoms. The van der Waals surface area contributed by atoms with E-state index in [9.17, 15) is 26.4 Å². The van der Waals surface area contributed by atoms with Crippen molar-refractivity contribution in [3.8, 4) is 0 Å². The number of aryl methyl sites for hydroxylation is 3. The number of alkyl halides is 3. The first kappa shape index (κ1) is 24.3. The molecule has 1 unspecified atom stereocenters. The fraction of sp³-hybridized carbons (Fsp3) is 0.238. The van der Waals surface area contributed by atoms with Crippen molar-refractivity contribution in [3.63, 3.8) is 0 Å². The summed E-state index contributed by atoms with van der Waals surface area (Å²) in [5, 5.41) is 9.40. The lowest BCUT2D eigenvalue weighted by Gasteiger charge is -2.17. The maximum Gasteiger partial charge on any atom is 0.437 e. The Labute approximate surface area is 177 Å². The lowest BCUT2D eigenvalue weighted by Crippen LogP contribution is -2.26. The van der Waals surface area contributed by atoms with E-state index in [1.807, 2.05) is 0 Å². The van der Waals surface area contributed by atoms with Crippen LogP contribution in [0.3, 0.4) is 0 Å². The lowest BCUT2D eigenvalue weighted by atomic mass is 9.96. The third-order valence-electron chi connectivity index (χ3n) is 4.54. The van der Waals surface area contributed by atoms with E-state index in [-0.39, 0.29) is 5.56 Å². The quantitative estimate of drug-likeness (QED) is 0.299. The Kier molecular flexibility index (Phi) is 7.07. The molecule has 0 aliphatic heterocycles. The molecule has 166 valence electrons. The number of benzene rings is 2. The predicted molar refractivity (Wildman–Crippen MR) is 110 cm³/mol. The minimum absolute atomic E-state index is 0.0550. The smallest absolute Gasteiger partial charge is 0.410 e. The maximum absolute atomic E-state index is 12.6. The first-order chi connectivity index (χ1) is 14.3. The third-order valence-corrected chi connectivity index (χ3v) is 5.63. The molecule has 0 bridgehead atoms. The molecule has 0 saturated heterocycles. The summed E-state index contributed by atoms with van der Waals surface area (Å²) in [5.74, 6) is -0.615. The number of carbonyl (C=O) groups excluding carboxylic acids is 1. The van der Waals surface area contributed by atoms with Gasteiger partial charge in [0, 0.05) is 5.56 Å². The van der Waals surface area contributed by atoms with Gasteiger partial charge >= 0.3 is 6.18 Å². The van der Waals surface area contributed by atoms with Crippen LogP contribution in [0.1, 0.15) is 38.6 Å². The second kappa shape index (κ2) is 9.03. The van der Waals surface area contributed by atoms with Gasteiger partial charge in [0.15, 0.2) is 16.7 Å². The topological polar surface area (TPSA) is 104 Å². The summed E-state index contributed by atoms with van der Waals surface area (Å²) in [4.78, 5) is 11.4. The van der Waals surface area contributed by atoms with Crippen LogP contribution in [0.4, 0.5) is 13.2 Å². The fourth-order valence-corrected chi connectivity index (χ4v) is 4.33. The maximum atomic E-state index is 12.6. The Morgan fingerprint density at radius 3 is 2.06 bits per heavy atom. The van der Waals surface area contributed by atoms with E-state index in [2.05, 4.69) is 5.16 Å². The highest BCUT2D eigenvalue weighted by atomic mass is 32.2. The number of nitrogens with zero attached hydrogens (tertiary/aromatic N) is 1. The first-order valence-corrected chi connectivity index (χ1v) is 10.4. The van der Waals surface area contributed by atoms with Crippen LogP contribution in [0.5, 0.6) is 0 Å². The molecule has 0 fully saturated rings. The summed E-state index contributed by atoms with van der Waals surface area (Å²) in [7, 11) is -4.39. The minimum atomic E-state index is -4.65. The highest BCUT2D eigenvalue weighted by Crippen LogP contribution is 2.31. The van der Waals surface area contributed by atoms with Crippen LogP contribution in [0.25, 0.3) is 6.08 Å². The van der Waals surface area contributed by atoms with Gasteiger partial charge in [0.05, 0.1) is 0 Å². The van der Waals surface area contributed by atoms with Gasteiger partial charge in [-0.15, -0.1) is 0 Å². The van der Waals surface area contributed by atoms with Crippen LogP contribution < -0.4 is 0 Å². The molecule has 3 rings (SSSR count). The van der Waals surface area contributed by atoms with Crippen LogP contribution >= 0.6 is 0 Å². The summed E-state index contributed by atoms with van der Waals surface area (Å²) >= 11 is 0. The van der Waals surface area contributed by atoms with Crippen LogP contribution in [0.2, 0.25) is 0 Å². The van der Waals surface area contributed by atoms with Crippen LogP contribution in [-0.4, -0.2) is 35.8 Å². The van der Waals surface area contributed by atoms with Crippen molar-refractivity contribution in [2.75, 3.05) is 0 Å². The molecule has 2 N–H and O–H groups in total. The number of ketones is 1. The first-order valence-electron chi connectivity index (χ1n) is 8.92. The number of carbonyl (C=O) groups is 1. The molecule has 1 aliphatic rings. The molecule has 0 heterocycles. The van der Waals surface area contributed by atoms with Crippen molar-refractivity contribution >= 4 is 27.7 Å². The predicted octanol–water partition coefficient (Wildman–Crippen LogP) is 4.56. The van der Waals surface area contributed by atoms with Crippen molar-refractivity contribution in [1.82, 2.24) is 0 Å². The summed E-state index contributed by atoms with van der Waals surface area (Å²) in [6, 6.07) is 9.83. The Balaban J connectivity index is 0.000000220. The largest absolute Gasteiger partial charge is 0.437 e. The molecule has 31 heavy (non-hydrogen) atoms. The highest BCUT2D eigenvalue weighted by molar-refractivity contribution is 7.86. The van der Waals surface area contributed by atoms with E-state index < -0.39 is 33.0 Å². The zero-order valence-corrected chi connectivity index (χ0v) is 17.6. The van der Waals surface area contributed by atoms with E-state index in [4.69, 9.17) is 9.76 Å². The Morgan fingerprint density at radius 2 is 1.58 bits per heavy atom. The van der Waals surface area contributed by atoms with E-state index >= 15 is 0 Å². The second-order valence-electron chi connectivity index (χ2n) is 6.98. The third kappa shape index (κ3) is 5.59. The molecule has 0 saturated carbocycles. The average Bonchev–Trinajstić information content (AvgIpc) is 2.62. The van der Waals surface area contributed by atoms with Gasteiger partial charge in [-0.3, -0.25) is 9.35 Å². The summed E-state index contributed by atoms with van der Waals surface area (Å²) in [6.07, 6.45) is -1.94. The fourth-order valence-electron chi connectivity index (χ4n) is 3.42. The normalized spacial score (nSPS) is 16.4. The van der Waals surface area contributed by atoms with Crippen molar-refractivity contribution in [1.29, 1.82) is 0 Å². The number of fused-ring (bicyclic) bond motifs is 1. The molecule has 2 aromatic rings. The zero-order valence-electron chi connectivity index (χ0n) is 16.8. The molecule has 0 aromatic heterocycles. The van der Waals surface area contributed by atoms with Gasteiger partial charge in [-0.25, -0.2) is 0 Å². The van der Waals surface area contributed by atoms with Gasteiger partial charge in [0.2, 0.25) is 0 Å². The molecular formula is C21H20F3NO5S. The van der Waals surface area contributed by atoms with E-state index in [0.29, 0.717) is 22.3 Å². The Morgan fingerprint density at radius 1 is 1.03 bits per heavy atom.